The smallest absolute Gasteiger partial charge is 0.354 e. The number of carboxylic acids is 1. The van der Waals surface area contributed by atoms with Gasteiger partial charge in [0, 0.05) is 47.8 Å². The summed E-state index contributed by atoms with van der Waals surface area (Å²) in [6, 6.07) is 13.4. The zero-order valence-electron chi connectivity index (χ0n) is 18.1. The Morgan fingerprint density at radius 3 is 2.55 bits per heavy atom. The number of aromatic hydroxyl groups is 1. The SMILES string of the molecule is Cc1cc(-c2c(C3CCOCC3)n(-c3ccc(F)cc3)c3cccc(O)c23)cnc1C(=O)O. The predicted octanol–water partition coefficient (Wildman–Crippen LogP) is 5.44. The molecule has 3 heterocycles. The third-order valence-electron chi connectivity index (χ3n) is 6.27. The number of hydrogen-bond acceptors (Lipinski definition) is 4. The van der Waals surface area contributed by atoms with Crippen molar-refractivity contribution in [2.75, 3.05) is 13.2 Å². The van der Waals surface area contributed by atoms with Gasteiger partial charge in [-0.2, -0.15) is 0 Å². The number of rotatable bonds is 4. The number of benzene rings is 2. The van der Waals surface area contributed by atoms with Crippen molar-refractivity contribution in [1.29, 1.82) is 0 Å². The van der Waals surface area contributed by atoms with E-state index >= 15 is 0 Å². The topological polar surface area (TPSA) is 84.6 Å². The largest absolute Gasteiger partial charge is 0.507 e. The molecule has 7 heteroatoms. The van der Waals surface area contributed by atoms with Crippen LogP contribution in [0.1, 0.15) is 40.5 Å². The Morgan fingerprint density at radius 1 is 1.15 bits per heavy atom. The zero-order chi connectivity index (χ0) is 23.1. The second-order valence-corrected chi connectivity index (χ2v) is 8.32. The number of aromatic nitrogens is 2. The maximum Gasteiger partial charge on any atom is 0.354 e. The maximum atomic E-state index is 13.7. The van der Waals surface area contributed by atoms with Crippen molar-refractivity contribution < 1.29 is 24.1 Å². The van der Waals surface area contributed by atoms with E-state index in [1.807, 2.05) is 6.07 Å². The second-order valence-electron chi connectivity index (χ2n) is 8.32. The number of halogens is 1. The minimum atomic E-state index is -1.08. The van der Waals surface area contributed by atoms with Crippen LogP contribution in [0, 0.1) is 12.7 Å². The minimum Gasteiger partial charge on any atom is -0.507 e. The Balaban J connectivity index is 1.87. The van der Waals surface area contributed by atoms with Gasteiger partial charge in [0.15, 0.2) is 5.69 Å². The highest BCUT2D eigenvalue weighted by Crippen LogP contribution is 2.46. The fourth-order valence-electron chi connectivity index (χ4n) is 4.79. The summed E-state index contributed by atoms with van der Waals surface area (Å²) in [6.45, 7) is 2.96. The summed E-state index contributed by atoms with van der Waals surface area (Å²) in [5, 5.41) is 21.0. The average Bonchev–Trinajstić information content (AvgIpc) is 3.16. The van der Waals surface area contributed by atoms with E-state index in [-0.39, 0.29) is 23.2 Å². The van der Waals surface area contributed by atoms with Crippen molar-refractivity contribution in [3.05, 3.63) is 77.5 Å². The van der Waals surface area contributed by atoms with Crippen molar-refractivity contribution >= 4 is 16.9 Å². The number of aromatic carboxylic acids is 1. The van der Waals surface area contributed by atoms with Gasteiger partial charge in [-0.05, 0) is 67.8 Å². The molecule has 0 aliphatic carbocycles. The third kappa shape index (κ3) is 3.64. The first kappa shape index (κ1) is 21.2. The Hall–Kier alpha value is -3.71. The first-order valence-corrected chi connectivity index (χ1v) is 10.9. The van der Waals surface area contributed by atoms with Crippen LogP contribution >= 0.6 is 0 Å². The molecule has 2 aromatic heterocycles. The number of fused-ring (bicyclic) bond motifs is 1. The molecule has 0 radical (unpaired) electrons. The van der Waals surface area contributed by atoms with Gasteiger partial charge in [-0.25, -0.2) is 14.2 Å². The number of nitrogens with zero attached hydrogens (tertiary/aromatic N) is 2. The van der Waals surface area contributed by atoms with E-state index in [1.54, 1.807) is 43.5 Å². The lowest BCUT2D eigenvalue weighted by Gasteiger charge is -2.26. The van der Waals surface area contributed by atoms with Gasteiger partial charge >= 0.3 is 5.97 Å². The lowest BCUT2D eigenvalue weighted by Crippen LogP contribution is -2.17. The lowest BCUT2D eigenvalue weighted by atomic mass is 9.90. The molecule has 0 atom stereocenters. The summed E-state index contributed by atoms with van der Waals surface area (Å²) in [5.74, 6) is -1.16. The maximum absolute atomic E-state index is 13.7. The van der Waals surface area contributed by atoms with Gasteiger partial charge in [-0.3, -0.25) is 0 Å². The van der Waals surface area contributed by atoms with Gasteiger partial charge in [0.1, 0.15) is 11.6 Å². The summed E-state index contributed by atoms with van der Waals surface area (Å²) in [6.07, 6.45) is 3.14. The van der Waals surface area contributed by atoms with Gasteiger partial charge in [0.2, 0.25) is 0 Å². The predicted molar refractivity (Wildman–Crippen MR) is 123 cm³/mol. The molecule has 0 unspecified atom stereocenters. The van der Waals surface area contributed by atoms with E-state index in [4.69, 9.17) is 4.74 Å². The second kappa shape index (κ2) is 8.33. The number of pyridine rings is 1. The van der Waals surface area contributed by atoms with E-state index in [9.17, 15) is 19.4 Å². The summed E-state index contributed by atoms with van der Waals surface area (Å²) >= 11 is 0. The van der Waals surface area contributed by atoms with Crippen LogP contribution in [0.3, 0.4) is 0 Å². The molecule has 33 heavy (non-hydrogen) atoms. The molecule has 1 saturated heterocycles. The molecule has 0 amide bonds. The molecule has 2 aromatic carbocycles. The van der Waals surface area contributed by atoms with Crippen LogP contribution in [0.2, 0.25) is 0 Å². The monoisotopic (exact) mass is 446 g/mol. The van der Waals surface area contributed by atoms with Gasteiger partial charge in [-0.1, -0.05) is 6.07 Å². The fraction of sp³-hybridized carbons (Fsp3) is 0.231. The summed E-state index contributed by atoms with van der Waals surface area (Å²) < 4.78 is 21.4. The van der Waals surface area contributed by atoms with Crippen LogP contribution in [0.4, 0.5) is 4.39 Å². The summed E-state index contributed by atoms with van der Waals surface area (Å²) in [7, 11) is 0. The van der Waals surface area contributed by atoms with Gasteiger partial charge in [-0.15, -0.1) is 0 Å². The Labute approximate surface area is 189 Å². The summed E-state index contributed by atoms with van der Waals surface area (Å²) in [5.41, 5.74) is 4.63. The number of phenolic OH excluding ortho intramolecular Hbond substituents is 1. The number of hydrogen-bond donors (Lipinski definition) is 2. The van der Waals surface area contributed by atoms with Crippen LogP contribution < -0.4 is 0 Å². The van der Waals surface area contributed by atoms with Crippen molar-refractivity contribution in [3.8, 4) is 22.6 Å². The van der Waals surface area contributed by atoms with Crippen LogP contribution in [0.5, 0.6) is 5.75 Å². The van der Waals surface area contributed by atoms with Gasteiger partial charge in [0.25, 0.3) is 0 Å². The lowest BCUT2D eigenvalue weighted by molar-refractivity contribution is 0.0689. The molecule has 0 bridgehead atoms. The van der Waals surface area contributed by atoms with E-state index in [1.165, 1.54) is 12.1 Å². The molecule has 1 aliphatic heterocycles. The highest BCUT2D eigenvalue weighted by Gasteiger charge is 2.29. The number of carboxylic acid groups (broad SMARTS) is 1. The van der Waals surface area contributed by atoms with E-state index in [0.717, 1.165) is 40.9 Å². The first-order valence-electron chi connectivity index (χ1n) is 10.9. The molecule has 168 valence electrons. The molecule has 4 aromatic rings. The van der Waals surface area contributed by atoms with Crippen LogP contribution in [0.15, 0.2) is 54.7 Å². The van der Waals surface area contributed by atoms with Crippen molar-refractivity contribution in [2.45, 2.75) is 25.7 Å². The molecule has 6 nitrogen and oxygen atoms in total. The summed E-state index contributed by atoms with van der Waals surface area (Å²) in [4.78, 5) is 15.7. The average molecular weight is 446 g/mol. The number of aryl methyl sites for hydroxylation is 1. The van der Waals surface area contributed by atoms with Crippen molar-refractivity contribution in [1.82, 2.24) is 9.55 Å². The molecular formula is C26H23FN2O4. The van der Waals surface area contributed by atoms with Crippen LogP contribution in [0.25, 0.3) is 27.7 Å². The first-order chi connectivity index (χ1) is 16.0. The van der Waals surface area contributed by atoms with Crippen LogP contribution in [-0.4, -0.2) is 38.9 Å². The van der Waals surface area contributed by atoms with E-state index in [2.05, 4.69) is 9.55 Å². The van der Waals surface area contributed by atoms with Crippen LogP contribution in [-0.2, 0) is 4.74 Å². The fourth-order valence-corrected chi connectivity index (χ4v) is 4.79. The molecule has 5 rings (SSSR count). The number of ether oxygens (including phenoxy) is 1. The van der Waals surface area contributed by atoms with Gasteiger partial charge in [0.05, 0.1) is 10.9 Å². The minimum absolute atomic E-state index is 0.00198. The number of phenols is 1. The highest BCUT2D eigenvalue weighted by atomic mass is 19.1. The van der Waals surface area contributed by atoms with Crippen molar-refractivity contribution in [3.63, 3.8) is 0 Å². The highest BCUT2D eigenvalue weighted by molar-refractivity contribution is 6.03. The normalized spacial score (nSPS) is 14.6. The molecule has 2 N–H and O–H groups in total. The third-order valence-corrected chi connectivity index (χ3v) is 6.27. The quantitative estimate of drug-likeness (QED) is 0.436. The molecule has 0 saturated carbocycles. The zero-order valence-corrected chi connectivity index (χ0v) is 18.1. The molecule has 0 spiro atoms. The van der Waals surface area contributed by atoms with Crippen molar-refractivity contribution in [2.24, 2.45) is 0 Å². The Morgan fingerprint density at radius 2 is 1.88 bits per heavy atom. The Kier molecular flexibility index (Phi) is 5.34. The molecular weight excluding hydrogens is 423 g/mol. The van der Waals surface area contributed by atoms with E-state index in [0.29, 0.717) is 24.2 Å². The molecule has 1 aliphatic rings. The molecule has 1 fully saturated rings. The standard InChI is InChI=1S/C26H23FN2O4/c1-15-13-17(14-28-24(15)26(31)32)22-23-20(3-2-4-21(23)30)29(19-7-5-18(27)6-8-19)25(22)16-9-11-33-12-10-16/h2-8,13-14,16,30H,9-12H2,1H3,(H,31,32). The number of carbonyl (C=O) groups is 1. The van der Waals surface area contributed by atoms with E-state index < -0.39 is 5.97 Å². The van der Waals surface area contributed by atoms with Gasteiger partial charge < -0.3 is 19.5 Å². The Bertz CT molecular complexity index is 1360.